The fourth-order valence-corrected chi connectivity index (χ4v) is 4.53. The summed E-state index contributed by atoms with van der Waals surface area (Å²) in [5.74, 6) is -0.155. The van der Waals surface area contributed by atoms with Crippen LogP contribution in [0, 0.1) is 6.92 Å². The second-order valence-electron chi connectivity index (χ2n) is 7.54. The SMILES string of the molecule is Cc1nnsc1C(=O)N1CCC2(CC1)CN(Cc1ccccc1C(F)(F)F)C(=O)O2. The summed E-state index contributed by atoms with van der Waals surface area (Å²) in [7, 11) is 0. The van der Waals surface area contributed by atoms with E-state index in [1.165, 1.54) is 23.1 Å². The van der Waals surface area contributed by atoms with Gasteiger partial charge in [-0.15, -0.1) is 5.10 Å². The number of halogens is 3. The Morgan fingerprint density at radius 1 is 1.27 bits per heavy atom. The summed E-state index contributed by atoms with van der Waals surface area (Å²) in [4.78, 5) is 28.5. The fourth-order valence-electron chi connectivity index (χ4n) is 3.90. The predicted molar refractivity (Wildman–Crippen MR) is 101 cm³/mol. The molecule has 0 N–H and O–H groups in total. The number of carbonyl (C=O) groups excluding carboxylic acids is 2. The minimum Gasteiger partial charge on any atom is -0.441 e. The first-order valence-electron chi connectivity index (χ1n) is 9.40. The van der Waals surface area contributed by atoms with Crippen LogP contribution in [-0.2, 0) is 17.5 Å². The van der Waals surface area contributed by atoms with E-state index in [9.17, 15) is 22.8 Å². The summed E-state index contributed by atoms with van der Waals surface area (Å²) < 4.78 is 49.1. The number of ether oxygens (including phenoxy) is 1. The van der Waals surface area contributed by atoms with E-state index in [0.29, 0.717) is 36.5 Å². The second kappa shape index (κ2) is 7.53. The number of aryl methyl sites for hydroxylation is 1. The van der Waals surface area contributed by atoms with Gasteiger partial charge in [0.2, 0.25) is 0 Å². The summed E-state index contributed by atoms with van der Waals surface area (Å²) in [5.41, 5.74) is -0.943. The van der Waals surface area contributed by atoms with Crippen molar-refractivity contribution in [3.63, 3.8) is 0 Å². The summed E-state index contributed by atoms with van der Waals surface area (Å²) in [6.45, 7) is 2.51. The zero-order valence-electron chi connectivity index (χ0n) is 16.1. The van der Waals surface area contributed by atoms with E-state index in [2.05, 4.69) is 9.59 Å². The lowest BCUT2D eigenvalue weighted by Gasteiger charge is -2.37. The van der Waals surface area contributed by atoms with E-state index in [1.54, 1.807) is 11.8 Å². The van der Waals surface area contributed by atoms with Crippen LogP contribution < -0.4 is 0 Å². The number of nitrogens with zero attached hydrogens (tertiary/aromatic N) is 4. The molecule has 1 spiro atoms. The average molecular weight is 440 g/mol. The molecule has 1 aromatic heterocycles. The Morgan fingerprint density at radius 2 is 1.97 bits per heavy atom. The maximum Gasteiger partial charge on any atom is 0.416 e. The molecule has 0 atom stereocenters. The first-order valence-corrected chi connectivity index (χ1v) is 10.2. The van der Waals surface area contributed by atoms with Crippen LogP contribution in [0.25, 0.3) is 0 Å². The molecular formula is C19H19F3N4O3S. The molecule has 2 aliphatic rings. The quantitative estimate of drug-likeness (QED) is 0.730. The molecule has 3 heterocycles. The Balaban J connectivity index is 1.42. The first kappa shape index (κ1) is 20.6. The van der Waals surface area contributed by atoms with Gasteiger partial charge in [0.1, 0.15) is 10.5 Å². The lowest BCUT2D eigenvalue weighted by Crippen LogP contribution is -2.48. The standard InChI is InChI=1S/C19H19F3N4O3S/c1-12-15(30-24-23-12)16(27)25-8-6-18(7-9-25)11-26(17(28)29-18)10-13-4-2-3-5-14(13)19(20,21)22/h2-5H,6-11H2,1H3. The highest BCUT2D eigenvalue weighted by atomic mass is 32.1. The maximum atomic E-state index is 13.3. The molecule has 7 nitrogen and oxygen atoms in total. The van der Waals surface area contributed by atoms with E-state index >= 15 is 0 Å². The molecule has 0 aliphatic carbocycles. The van der Waals surface area contributed by atoms with E-state index in [4.69, 9.17) is 4.74 Å². The van der Waals surface area contributed by atoms with Crippen molar-refractivity contribution in [3.8, 4) is 0 Å². The van der Waals surface area contributed by atoms with Crippen LogP contribution in [0.3, 0.4) is 0 Å². The smallest absolute Gasteiger partial charge is 0.416 e. The predicted octanol–water partition coefficient (Wildman–Crippen LogP) is 3.49. The van der Waals surface area contributed by atoms with Gasteiger partial charge in [-0.1, -0.05) is 22.7 Å². The molecule has 30 heavy (non-hydrogen) atoms. The number of rotatable bonds is 3. The number of hydrogen-bond acceptors (Lipinski definition) is 6. The highest BCUT2D eigenvalue weighted by Gasteiger charge is 2.48. The summed E-state index contributed by atoms with van der Waals surface area (Å²) >= 11 is 1.04. The third-order valence-electron chi connectivity index (χ3n) is 5.53. The van der Waals surface area contributed by atoms with E-state index in [-0.39, 0.29) is 24.6 Å². The van der Waals surface area contributed by atoms with Gasteiger partial charge in [-0.05, 0) is 30.1 Å². The summed E-state index contributed by atoms with van der Waals surface area (Å²) in [5, 5.41) is 3.85. The van der Waals surface area contributed by atoms with Gasteiger partial charge in [-0.3, -0.25) is 9.69 Å². The van der Waals surface area contributed by atoms with Crippen molar-refractivity contribution in [1.29, 1.82) is 0 Å². The fraction of sp³-hybridized carbons (Fsp3) is 0.474. The highest BCUT2D eigenvalue weighted by Crippen LogP contribution is 2.37. The number of amides is 2. The number of benzene rings is 1. The molecule has 2 saturated heterocycles. The molecule has 0 unspecified atom stereocenters. The second-order valence-corrected chi connectivity index (χ2v) is 8.30. The first-order chi connectivity index (χ1) is 14.2. The van der Waals surface area contributed by atoms with Crippen molar-refractivity contribution < 1.29 is 27.5 Å². The molecule has 11 heteroatoms. The molecule has 160 valence electrons. The molecule has 2 fully saturated rings. The van der Waals surface area contributed by atoms with E-state index < -0.39 is 23.4 Å². The lowest BCUT2D eigenvalue weighted by molar-refractivity contribution is -0.138. The number of piperidine rings is 1. The Bertz CT molecular complexity index is 970. The van der Waals surface area contributed by atoms with Crippen LogP contribution in [-0.4, -0.2) is 56.6 Å². The van der Waals surface area contributed by atoms with Crippen molar-refractivity contribution in [2.45, 2.75) is 38.1 Å². The molecule has 1 aromatic carbocycles. The van der Waals surface area contributed by atoms with Gasteiger partial charge >= 0.3 is 12.3 Å². The van der Waals surface area contributed by atoms with Crippen LogP contribution in [0.5, 0.6) is 0 Å². The van der Waals surface area contributed by atoms with Gasteiger partial charge in [-0.2, -0.15) is 13.2 Å². The molecule has 0 saturated carbocycles. The maximum absolute atomic E-state index is 13.3. The third kappa shape index (κ3) is 3.85. The molecule has 0 bridgehead atoms. The van der Waals surface area contributed by atoms with Gasteiger partial charge in [0.05, 0.1) is 17.8 Å². The number of hydrogen-bond donors (Lipinski definition) is 0. The van der Waals surface area contributed by atoms with Crippen LogP contribution in [0.15, 0.2) is 24.3 Å². The van der Waals surface area contributed by atoms with Crippen molar-refractivity contribution in [2.75, 3.05) is 19.6 Å². The Morgan fingerprint density at radius 3 is 2.60 bits per heavy atom. The number of aromatic nitrogens is 2. The minimum absolute atomic E-state index is 0.0276. The van der Waals surface area contributed by atoms with Crippen LogP contribution in [0.2, 0.25) is 0 Å². The molecule has 0 radical (unpaired) electrons. The average Bonchev–Trinajstić information content (AvgIpc) is 3.25. The molecule has 4 rings (SSSR count). The van der Waals surface area contributed by atoms with E-state index in [1.807, 2.05) is 0 Å². The van der Waals surface area contributed by atoms with Gasteiger partial charge in [0.15, 0.2) is 0 Å². The normalized spacial score (nSPS) is 18.7. The van der Waals surface area contributed by atoms with Crippen LogP contribution >= 0.6 is 11.5 Å². The Kier molecular flexibility index (Phi) is 5.16. The monoisotopic (exact) mass is 440 g/mol. The zero-order valence-corrected chi connectivity index (χ0v) is 16.9. The van der Waals surface area contributed by atoms with Crippen molar-refractivity contribution >= 4 is 23.5 Å². The highest BCUT2D eigenvalue weighted by molar-refractivity contribution is 7.07. The number of carbonyl (C=O) groups is 2. The van der Waals surface area contributed by atoms with Crippen LogP contribution in [0.1, 0.15) is 39.3 Å². The van der Waals surface area contributed by atoms with Gasteiger partial charge < -0.3 is 9.64 Å². The minimum atomic E-state index is -4.49. The molecular weight excluding hydrogens is 421 g/mol. The Labute approximate surface area is 174 Å². The van der Waals surface area contributed by atoms with Crippen molar-refractivity contribution in [3.05, 3.63) is 46.0 Å². The van der Waals surface area contributed by atoms with Crippen molar-refractivity contribution in [1.82, 2.24) is 19.4 Å². The summed E-state index contributed by atoms with van der Waals surface area (Å²) in [6.07, 6.45) is -4.28. The van der Waals surface area contributed by atoms with Gasteiger partial charge in [-0.25, -0.2) is 4.79 Å². The Hall–Kier alpha value is -2.69. The molecule has 2 aromatic rings. The third-order valence-corrected chi connectivity index (χ3v) is 6.35. The van der Waals surface area contributed by atoms with Crippen molar-refractivity contribution in [2.24, 2.45) is 0 Å². The molecule has 2 aliphatic heterocycles. The van der Waals surface area contributed by atoms with E-state index in [0.717, 1.165) is 17.6 Å². The number of likely N-dealkylation sites (tertiary alicyclic amines) is 1. The van der Waals surface area contributed by atoms with Crippen LogP contribution in [0.4, 0.5) is 18.0 Å². The van der Waals surface area contributed by atoms with Gasteiger partial charge in [0, 0.05) is 32.5 Å². The topological polar surface area (TPSA) is 75.6 Å². The number of alkyl halides is 3. The molecule has 2 amide bonds. The zero-order chi connectivity index (χ0) is 21.5. The van der Waals surface area contributed by atoms with Gasteiger partial charge in [0.25, 0.3) is 5.91 Å². The largest absolute Gasteiger partial charge is 0.441 e. The summed E-state index contributed by atoms with van der Waals surface area (Å²) in [6, 6.07) is 5.21. The lowest BCUT2D eigenvalue weighted by atomic mass is 9.91.